The summed E-state index contributed by atoms with van der Waals surface area (Å²) in [6.07, 6.45) is 0. The summed E-state index contributed by atoms with van der Waals surface area (Å²) in [5.41, 5.74) is 0.554. The van der Waals surface area contributed by atoms with E-state index in [0.717, 1.165) is 17.0 Å². The Hall–Kier alpha value is -3.45. The normalized spacial score (nSPS) is 18.4. The van der Waals surface area contributed by atoms with E-state index < -0.39 is 29.3 Å². The standard InChI is InChI=1S/C21H14ClFN2O4/c1-11-9-16(24-29-11)25-18(13-3-2-4-14(22)10-13)17(20(27)21(25)28)19(26)12-5-7-15(23)8-6-12/h2-10,18,26H,1H3/t18-/m0/s1. The molecule has 0 bridgehead atoms. The highest BCUT2D eigenvalue weighted by molar-refractivity contribution is 6.51. The Morgan fingerprint density at radius 1 is 1.17 bits per heavy atom. The Morgan fingerprint density at radius 3 is 2.52 bits per heavy atom. The fraction of sp³-hybridized carbons (Fsp3) is 0.0952. The number of aliphatic hydroxyl groups excluding tert-OH is 1. The van der Waals surface area contributed by atoms with E-state index in [9.17, 15) is 19.1 Å². The second-order valence-electron chi connectivity index (χ2n) is 6.53. The topological polar surface area (TPSA) is 83.6 Å². The zero-order chi connectivity index (χ0) is 20.7. The third-order valence-electron chi connectivity index (χ3n) is 4.59. The van der Waals surface area contributed by atoms with Crippen molar-refractivity contribution < 1.29 is 23.6 Å². The largest absolute Gasteiger partial charge is 0.507 e. The maximum absolute atomic E-state index is 13.3. The van der Waals surface area contributed by atoms with Crippen LogP contribution in [0.25, 0.3) is 5.76 Å². The fourth-order valence-electron chi connectivity index (χ4n) is 3.29. The number of aryl methyl sites for hydroxylation is 1. The molecule has 0 saturated carbocycles. The summed E-state index contributed by atoms with van der Waals surface area (Å²) < 4.78 is 18.3. The van der Waals surface area contributed by atoms with E-state index in [-0.39, 0.29) is 17.0 Å². The van der Waals surface area contributed by atoms with Gasteiger partial charge in [0.15, 0.2) is 5.82 Å². The molecule has 0 aliphatic carbocycles. The van der Waals surface area contributed by atoms with Crippen molar-refractivity contribution in [3.63, 3.8) is 0 Å². The number of carbonyl (C=O) groups excluding carboxylic acids is 2. The maximum atomic E-state index is 13.3. The lowest BCUT2D eigenvalue weighted by atomic mass is 9.95. The van der Waals surface area contributed by atoms with Gasteiger partial charge in [-0.3, -0.25) is 14.5 Å². The van der Waals surface area contributed by atoms with E-state index in [0.29, 0.717) is 16.3 Å². The van der Waals surface area contributed by atoms with Crippen LogP contribution in [0.1, 0.15) is 22.9 Å². The van der Waals surface area contributed by atoms with Gasteiger partial charge in [-0.1, -0.05) is 28.9 Å². The van der Waals surface area contributed by atoms with Gasteiger partial charge in [0.1, 0.15) is 17.3 Å². The Morgan fingerprint density at radius 2 is 1.90 bits per heavy atom. The molecule has 1 aliphatic heterocycles. The molecular formula is C21H14ClFN2O4. The van der Waals surface area contributed by atoms with Crippen LogP contribution in [-0.2, 0) is 9.59 Å². The molecule has 1 N–H and O–H groups in total. The van der Waals surface area contributed by atoms with Crippen LogP contribution >= 0.6 is 11.6 Å². The first kappa shape index (κ1) is 18.9. The van der Waals surface area contributed by atoms with Crippen molar-refractivity contribution in [3.8, 4) is 0 Å². The highest BCUT2D eigenvalue weighted by Crippen LogP contribution is 2.42. The molecule has 146 valence electrons. The van der Waals surface area contributed by atoms with Crippen molar-refractivity contribution in [2.75, 3.05) is 4.90 Å². The fourth-order valence-corrected chi connectivity index (χ4v) is 3.49. The zero-order valence-corrected chi connectivity index (χ0v) is 15.9. The van der Waals surface area contributed by atoms with E-state index in [1.807, 2.05) is 0 Å². The number of halogens is 2. The van der Waals surface area contributed by atoms with E-state index in [1.165, 1.54) is 18.2 Å². The van der Waals surface area contributed by atoms with Crippen molar-refractivity contribution in [1.82, 2.24) is 5.16 Å². The minimum atomic E-state index is -0.983. The lowest BCUT2D eigenvalue weighted by Gasteiger charge is -2.23. The lowest BCUT2D eigenvalue weighted by molar-refractivity contribution is -0.132. The second-order valence-corrected chi connectivity index (χ2v) is 6.96. The van der Waals surface area contributed by atoms with Gasteiger partial charge < -0.3 is 9.63 Å². The number of rotatable bonds is 3. The van der Waals surface area contributed by atoms with Crippen molar-refractivity contribution in [3.05, 3.63) is 87.9 Å². The van der Waals surface area contributed by atoms with E-state index >= 15 is 0 Å². The molecule has 1 saturated heterocycles. The monoisotopic (exact) mass is 412 g/mol. The van der Waals surface area contributed by atoms with E-state index in [2.05, 4.69) is 5.16 Å². The maximum Gasteiger partial charge on any atom is 0.301 e. The number of nitrogens with zero attached hydrogens (tertiary/aromatic N) is 2. The molecule has 1 atom stereocenters. The van der Waals surface area contributed by atoms with Crippen LogP contribution in [0.3, 0.4) is 0 Å². The van der Waals surface area contributed by atoms with Crippen molar-refractivity contribution >= 4 is 34.9 Å². The van der Waals surface area contributed by atoms with Crippen LogP contribution in [0.4, 0.5) is 10.2 Å². The number of aliphatic hydroxyl groups is 1. The smallest absolute Gasteiger partial charge is 0.301 e. The van der Waals surface area contributed by atoms with Gasteiger partial charge in [-0.15, -0.1) is 0 Å². The van der Waals surface area contributed by atoms with Crippen LogP contribution in [0.2, 0.25) is 5.02 Å². The Labute approximate surface area is 169 Å². The molecule has 1 amide bonds. The quantitative estimate of drug-likeness (QED) is 0.391. The number of benzene rings is 2. The summed E-state index contributed by atoms with van der Waals surface area (Å²) in [5, 5.41) is 15.1. The first-order chi connectivity index (χ1) is 13.9. The Balaban J connectivity index is 1.95. The summed E-state index contributed by atoms with van der Waals surface area (Å²) in [7, 11) is 0. The summed E-state index contributed by atoms with van der Waals surface area (Å²) in [5.74, 6) is -2.09. The van der Waals surface area contributed by atoms with Crippen LogP contribution in [0.5, 0.6) is 0 Å². The summed E-state index contributed by atoms with van der Waals surface area (Å²) in [4.78, 5) is 26.9. The molecule has 29 heavy (non-hydrogen) atoms. The average molecular weight is 413 g/mol. The molecule has 0 radical (unpaired) electrons. The summed E-state index contributed by atoms with van der Waals surface area (Å²) >= 11 is 6.11. The number of hydrogen-bond acceptors (Lipinski definition) is 5. The average Bonchev–Trinajstić information content (AvgIpc) is 3.23. The molecule has 2 aromatic carbocycles. The molecule has 8 heteroatoms. The van der Waals surface area contributed by atoms with Gasteiger partial charge in [0, 0.05) is 16.7 Å². The molecule has 0 spiro atoms. The minimum absolute atomic E-state index is 0.132. The second kappa shape index (κ2) is 7.18. The van der Waals surface area contributed by atoms with Crippen molar-refractivity contribution in [2.24, 2.45) is 0 Å². The molecule has 3 aromatic rings. The minimum Gasteiger partial charge on any atom is -0.507 e. The highest BCUT2D eigenvalue weighted by Gasteiger charge is 2.48. The molecule has 6 nitrogen and oxygen atoms in total. The van der Waals surface area contributed by atoms with Gasteiger partial charge in [0.25, 0.3) is 5.78 Å². The van der Waals surface area contributed by atoms with Crippen LogP contribution in [-0.4, -0.2) is 22.0 Å². The van der Waals surface area contributed by atoms with Gasteiger partial charge in [-0.05, 0) is 48.9 Å². The molecule has 1 aliphatic rings. The third-order valence-corrected chi connectivity index (χ3v) is 4.82. The predicted molar refractivity (Wildman–Crippen MR) is 104 cm³/mol. The number of hydrogen-bond donors (Lipinski definition) is 1. The van der Waals surface area contributed by atoms with E-state index in [4.69, 9.17) is 16.1 Å². The predicted octanol–water partition coefficient (Wildman–Crippen LogP) is 4.40. The summed E-state index contributed by atoms with van der Waals surface area (Å²) in [6, 6.07) is 12.1. The highest BCUT2D eigenvalue weighted by atomic mass is 35.5. The number of anilines is 1. The van der Waals surface area contributed by atoms with Gasteiger partial charge in [0.05, 0.1) is 11.6 Å². The number of ketones is 1. The molecule has 0 unspecified atom stereocenters. The first-order valence-corrected chi connectivity index (χ1v) is 9.00. The number of amides is 1. The van der Waals surface area contributed by atoms with Gasteiger partial charge in [-0.25, -0.2) is 4.39 Å². The molecule has 2 heterocycles. The van der Waals surface area contributed by atoms with Gasteiger partial charge >= 0.3 is 5.91 Å². The van der Waals surface area contributed by atoms with Crippen molar-refractivity contribution in [2.45, 2.75) is 13.0 Å². The Kier molecular flexibility index (Phi) is 4.68. The van der Waals surface area contributed by atoms with Gasteiger partial charge in [-0.2, -0.15) is 0 Å². The number of aromatic nitrogens is 1. The molecular weight excluding hydrogens is 399 g/mol. The number of Topliss-reactive ketones (excluding diaryl/α,β-unsaturated/α-hetero) is 1. The zero-order valence-electron chi connectivity index (χ0n) is 15.1. The first-order valence-electron chi connectivity index (χ1n) is 8.62. The molecule has 1 fully saturated rings. The molecule has 4 rings (SSSR count). The SMILES string of the molecule is Cc1cc(N2C(=O)C(=O)C(=C(O)c3ccc(F)cc3)[C@@H]2c2cccc(Cl)c2)no1. The lowest BCUT2D eigenvalue weighted by Crippen LogP contribution is -2.29. The third kappa shape index (κ3) is 3.30. The summed E-state index contributed by atoms with van der Waals surface area (Å²) in [6.45, 7) is 1.65. The van der Waals surface area contributed by atoms with E-state index in [1.54, 1.807) is 31.2 Å². The van der Waals surface area contributed by atoms with Gasteiger partial charge in [0.2, 0.25) is 0 Å². The van der Waals surface area contributed by atoms with Crippen LogP contribution in [0, 0.1) is 12.7 Å². The van der Waals surface area contributed by atoms with Crippen molar-refractivity contribution in [1.29, 1.82) is 0 Å². The molecule has 1 aromatic heterocycles. The van der Waals surface area contributed by atoms with Crippen LogP contribution in [0.15, 0.2) is 64.7 Å². The Bertz CT molecular complexity index is 1150. The van der Waals surface area contributed by atoms with Crippen LogP contribution < -0.4 is 4.90 Å². The number of carbonyl (C=O) groups is 2.